The molecular formula is C23H28O6S. The first-order valence-corrected chi connectivity index (χ1v) is 11.1. The number of ether oxygens (including phenoxy) is 2. The second-order valence-electron chi connectivity index (χ2n) is 7.89. The van der Waals surface area contributed by atoms with Gasteiger partial charge in [-0.25, -0.2) is 0 Å². The molecule has 2 aliphatic rings. The average Bonchev–Trinajstić information content (AvgIpc) is 3.13. The fourth-order valence-corrected chi connectivity index (χ4v) is 5.84. The van der Waals surface area contributed by atoms with Gasteiger partial charge in [-0.2, -0.15) is 0 Å². The number of methoxy groups -OCH3 is 1. The molecular weight excluding hydrogens is 404 g/mol. The largest absolute Gasteiger partial charge is 0.496 e. The monoisotopic (exact) mass is 432 g/mol. The molecule has 7 heteroatoms. The summed E-state index contributed by atoms with van der Waals surface area (Å²) >= 11 is 1.16. The van der Waals surface area contributed by atoms with E-state index in [4.69, 9.17) is 9.47 Å². The van der Waals surface area contributed by atoms with Crippen LogP contribution in [0.5, 0.6) is 5.75 Å². The summed E-state index contributed by atoms with van der Waals surface area (Å²) < 4.78 is 11.6. The van der Waals surface area contributed by atoms with Crippen LogP contribution < -0.4 is 4.74 Å². The lowest BCUT2D eigenvalue weighted by atomic mass is 9.90. The number of aliphatic hydroxyl groups is 4. The minimum Gasteiger partial charge on any atom is -0.496 e. The van der Waals surface area contributed by atoms with Gasteiger partial charge in [0.05, 0.1) is 31.7 Å². The number of fused-ring (bicyclic) bond motifs is 2. The van der Waals surface area contributed by atoms with Crippen LogP contribution >= 0.6 is 11.8 Å². The van der Waals surface area contributed by atoms with Crippen LogP contribution in [0.15, 0.2) is 36.4 Å². The molecule has 1 saturated heterocycles. The van der Waals surface area contributed by atoms with Crippen molar-refractivity contribution in [2.45, 2.75) is 54.9 Å². The standard InChI is InChI=1S/C23H28O6S/c1-3-13-4-6-14(7-5-13)8-15-9-17-16(10-18(15)28-2)12-29-23(17)22(27)21(26)20(25)19(11-24)30-23/h4-7,9-10,19-22,24-27H,3,8,11-12H2,1-2H3/t19-,20-,21+,22-,23+/m1/s1. The Morgan fingerprint density at radius 3 is 2.43 bits per heavy atom. The SMILES string of the molecule is CCc1ccc(Cc2cc3c(cc2OC)CO[C@]32S[C@H](CO)[C@@H](O)[C@H](O)[C@H]2O)cc1. The van der Waals surface area contributed by atoms with Crippen LogP contribution in [0.3, 0.4) is 0 Å². The van der Waals surface area contributed by atoms with E-state index in [-0.39, 0.29) is 13.2 Å². The number of aryl methyl sites for hydroxylation is 1. The van der Waals surface area contributed by atoms with Crippen molar-refractivity contribution in [3.05, 3.63) is 64.2 Å². The van der Waals surface area contributed by atoms with E-state index in [0.717, 1.165) is 46.2 Å². The lowest BCUT2D eigenvalue weighted by molar-refractivity contribution is -0.147. The number of thioether (sulfide) groups is 1. The molecule has 2 aromatic carbocycles. The molecule has 4 N–H and O–H groups in total. The molecule has 162 valence electrons. The number of hydrogen-bond acceptors (Lipinski definition) is 7. The number of hydrogen-bond donors (Lipinski definition) is 4. The highest BCUT2D eigenvalue weighted by Crippen LogP contribution is 2.55. The molecule has 0 aromatic heterocycles. The maximum absolute atomic E-state index is 10.9. The minimum absolute atomic E-state index is 0.252. The van der Waals surface area contributed by atoms with Crippen molar-refractivity contribution in [3.8, 4) is 5.75 Å². The van der Waals surface area contributed by atoms with Crippen molar-refractivity contribution in [1.82, 2.24) is 0 Å². The van der Waals surface area contributed by atoms with Gasteiger partial charge in [-0.3, -0.25) is 0 Å². The van der Waals surface area contributed by atoms with Gasteiger partial charge in [0.25, 0.3) is 0 Å². The van der Waals surface area contributed by atoms with Gasteiger partial charge in [-0.1, -0.05) is 31.2 Å². The van der Waals surface area contributed by atoms with E-state index >= 15 is 0 Å². The third kappa shape index (κ3) is 3.53. The van der Waals surface area contributed by atoms with Gasteiger partial charge in [-0.15, -0.1) is 11.8 Å². The van der Waals surface area contributed by atoms with Crippen molar-refractivity contribution in [2.24, 2.45) is 0 Å². The normalized spacial score (nSPS) is 30.5. The van der Waals surface area contributed by atoms with Gasteiger partial charge in [0.1, 0.15) is 18.0 Å². The first kappa shape index (κ1) is 21.6. The molecule has 1 spiro atoms. The summed E-state index contributed by atoms with van der Waals surface area (Å²) in [7, 11) is 1.63. The Morgan fingerprint density at radius 2 is 1.80 bits per heavy atom. The van der Waals surface area contributed by atoms with Crippen LogP contribution in [0, 0.1) is 0 Å². The fraction of sp³-hybridized carbons (Fsp3) is 0.478. The first-order valence-electron chi connectivity index (χ1n) is 10.2. The third-order valence-corrected chi connectivity index (χ3v) is 7.76. The molecule has 0 amide bonds. The van der Waals surface area contributed by atoms with E-state index in [1.165, 1.54) is 5.56 Å². The predicted molar refractivity (Wildman–Crippen MR) is 115 cm³/mol. The van der Waals surface area contributed by atoms with Gasteiger partial charge in [-0.05, 0) is 40.8 Å². The molecule has 0 unspecified atom stereocenters. The van der Waals surface area contributed by atoms with Crippen LogP contribution in [0.2, 0.25) is 0 Å². The summed E-state index contributed by atoms with van der Waals surface area (Å²) in [4.78, 5) is -1.24. The van der Waals surface area contributed by atoms with E-state index in [9.17, 15) is 20.4 Å². The van der Waals surface area contributed by atoms with E-state index in [0.29, 0.717) is 6.42 Å². The zero-order valence-corrected chi connectivity index (χ0v) is 17.9. The smallest absolute Gasteiger partial charge is 0.168 e. The summed E-state index contributed by atoms with van der Waals surface area (Å²) in [5.74, 6) is 0.739. The highest BCUT2D eigenvalue weighted by Gasteiger charge is 2.57. The molecule has 6 nitrogen and oxygen atoms in total. The van der Waals surface area contributed by atoms with Gasteiger partial charge in [0.15, 0.2) is 4.93 Å². The molecule has 1 fully saturated rings. The zero-order valence-electron chi connectivity index (χ0n) is 17.1. The summed E-state index contributed by atoms with van der Waals surface area (Å²) in [6.07, 6.45) is -2.35. The van der Waals surface area contributed by atoms with Gasteiger partial charge in [0, 0.05) is 12.0 Å². The van der Waals surface area contributed by atoms with Crippen molar-refractivity contribution in [2.75, 3.05) is 13.7 Å². The van der Waals surface area contributed by atoms with Crippen LogP contribution in [-0.2, 0) is 29.1 Å². The van der Waals surface area contributed by atoms with Crippen LogP contribution in [0.25, 0.3) is 0 Å². The van der Waals surface area contributed by atoms with E-state index in [2.05, 4.69) is 31.2 Å². The van der Waals surface area contributed by atoms with Crippen LogP contribution in [0.1, 0.15) is 34.7 Å². The van der Waals surface area contributed by atoms with E-state index in [1.54, 1.807) is 7.11 Å². The topological polar surface area (TPSA) is 99.4 Å². The summed E-state index contributed by atoms with van der Waals surface area (Å²) in [6.45, 7) is 2.04. The lowest BCUT2D eigenvalue weighted by Gasteiger charge is -2.45. The number of benzene rings is 2. The van der Waals surface area contributed by atoms with Gasteiger partial charge >= 0.3 is 0 Å². The Balaban J connectivity index is 1.73. The Hall–Kier alpha value is -1.61. The summed E-state index contributed by atoms with van der Waals surface area (Å²) in [6, 6.07) is 12.3. The Kier molecular flexibility index (Phi) is 6.12. The predicted octanol–water partition coefficient (Wildman–Crippen LogP) is 1.72. The molecule has 2 heterocycles. The fourth-order valence-electron chi connectivity index (χ4n) is 4.30. The maximum Gasteiger partial charge on any atom is 0.168 e. The molecule has 2 aliphatic heterocycles. The van der Waals surface area contributed by atoms with E-state index in [1.807, 2.05) is 12.1 Å². The summed E-state index contributed by atoms with van der Waals surface area (Å²) in [5.41, 5.74) is 4.98. The quantitative estimate of drug-likeness (QED) is 0.571. The zero-order chi connectivity index (χ0) is 21.5. The Labute approximate surface area is 180 Å². The third-order valence-electron chi connectivity index (χ3n) is 6.10. The Bertz CT molecular complexity index is 899. The van der Waals surface area contributed by atoms with Crippen molar-refractivity contribution in [3.63, 3.8) is 0 Å². The van der Waals surface area contributed by atoms with Crippen molar-refractivity contribution in [1.29, 1.82) is 0 Å². The summed E-state index contributed by atoms with van der Waals surface area (Å²) in [5, 5.41) is 40.5. The van der Waals surface area contributed by atoms with Crippen molar-refractivity contribution >= 4 is 11.8 Å². The van der Waals surface area contributed by atoms with Crippen LogP contribution in [-0.4, -0.2) is 57.7 Å². The second kappa shape index (κ2) is 8.49. The molecule has 0 aliphatic carbocycles. The molecule has 0 saturated carbocycles. The number of rotatable bonds is 5. The molecule has 30 heavy (non-hydrogen) atoms. The highest BCUT2D eigenvalue weighted by atomic mass is 32.2. The molecule has 2 aromatic rings. The lowest BCUT2D eigenvalue weighted by Crippen LogP contribution is -2.58. The highest BCUT2D eigenvalue weighted by molar-refractivity contribution is 8.00. The number of aliphatic hydroxyl groups excluding tert-OH is 4. The maximum atomic E-state index is 10.9. The first-order chi connectivity index (χ1) is 14.4. The molecule has 5 atom stereocenters. The molecule has 0 radical (unpaired) electrons. The average molecular weight is 433 g/mol. The van der Waals surface area contributed by atoms with Crippen LogP contribution in [0.4, 0.5) is 0 Å². The minimum atomic E-state index is -1.42. The Morgan fingerprint density at radius 1 is 1.10 bits per heavy atom. The molecule has 0 bridgehead atoms. The molecule has 4 rings (SSSR count). The van der Waals surface area contributed by atoms with Gasteiger partial charge in [0.2, 0.25) is 0 Å². The van der Waals surface area contributed by atoms with Gasteiger partial charge < -0.3 is 29.9 Å². The van der Waals surface area contributed by atoms with E-state index < -0.39 is 28.5 Å². The van der Waals surface area contributed by atoms with Crippen molar-refractivity contribution < 1.29 is 29.9 Å². The second-order valence-corrected chi connectivity index (χ2v) is 9.34.